The van der Waals surface area contributed by atoms with Crippen molar-refractivity contribution >= 4 is 37.6 Å². The summed E-state index contributed by atoms with van der Waals surface area (Å²) in [6.45, 7) is 8.44. The van der Waals surface area contributed by atoms with Crippen molar-refractivity contribution in [2.45, 2.75) is 56.1 Å². The topological polar surface area (TPSA) is 17.1 Å². The first-order valence-corrected chi connectivity index (χ1v) is 8.08. The summed E-state index contributed by atoms with van der Waals surface area (Å²) in [5.74, 6) is 0.136. The fourth-order valence-electron chi connectivity index (χ4n) is 1.85. The lowest BCUT2D eigenvalue weighted by molar-refractivity contribution is -0.116. The van der Waals surface area contributed by atoms with E-state index >= 15 is 0 Å². The van der Waals surface area contributed by atoms with Crippen LogP contribution in [-0.4, -0.2) is 14.9 Å². The molecule has 0 bridgehead atoms. The van der Waals surface area contributed by atoms with Crippen LogP contribution in [0.3, 0.4) is 0 Å². The lowest BCUT2D eigenvalue weighted by Crippen LogP contribution is -2.36. The van der Waals surface area contributed by atoms with Gasteiger partial charge in [-0.05, 0) is 44.6 Å². The third-order valence-corrected chi connectivity index (χ3v) is 6.46. The number of alkyl halides is 2. The zero-order chi connectivity index (χ0) is 14.0. The van der Waals surface area contributed by atoms with Gasteiger partial charge in [-0.1, -0.05) is 63.4 Å². The normalized spacial score (nSPS) is 38.4. The van der Waals surface area contributed by atoms with Gasteiger partial charge in [0.1, 0.15) is 0 Å². The Morgan fingerprint density at radius 3 is 2.56 bits per heavy atom. The molecular formula is C15H22Br2O. The van der Waals surface area contributed by atoms with Crippen LogP contribution in [0.1, 0.15) is 47.0 Å². The molecule has 0 amide bonds. The molecular weight excluding hydrogens is 356 g/mol. The smallest absolute Gasteiger partial charge is 0.172 e. The van der Waals surface area contributed by atoms with Gasteiger partial charge in [0.05, 0.1) is 4.32 Å². The summed E-state index contributed by atoms with van der Waals surface area (Å²) < 4.78 is -0.524. The second kappa shape index (κ2) is 6.04. The van der Waals surface area contributed by atoms with Gasteiger partial charge >= 0.3 is 0 Å². The van der Waals surface area contributed by atoms with Gasteiger partial charge in [0.2, 0.25) is 0 Å². The van der Waals surface area contributed by atoms with Crippen LogP contribution in [-0.2, 0) is 4.79 Å². The summed E-state index contributed by atoms with van der Waals surface area (Å²) in [6.07, 6.45) is 9.03. The maximum absolute atomic E-state index is 12.3. The van der Waals surface area contributed by atoms with Crippen LogP contribution in [0.25, 0.3) is 0 Å². The molecule has 18 heavy (non-hydrogen) atoms. The Morgan fingerprint density at radius 1 is 1.33 bits per heavy atom. The monoisotopic (exact) mass is 376 g/mol. The minimum Gasteiger partial charge on any atom is -0.293 e. The van der Waals surface area contributed by atoms with Crippen LogP contribution >= 0.6 is 31.9 Å². The Balaban J connectivity index is 3.05. The average molecular weight is 378 g/mol. The fourth-order valence-corrected chi connectivity index (χ4v) is 2.67. The number of carbonyl (C=O) groups excluding carboxylic acids is 1. The van der Waals surface area contributed by atoms with Crippen LogP contribution in [0.4, 0.5) is 0 Å². The van der Waals surface area contributed by atoms with E-state index in [0.29, 0.717) is 0 Å². The van der Waals surface area contributed by atoms with Gasteiger partial charge in [-0.2, -0.15) is 0 Å². The molecule has 0 heterocycles. The highest BCUT2D eigenvalue weighted by Crippen LogP contribution is 2.35. The van der Waals surface area contributed by atoms with Crippen LogP contribution in [0.2, 0.25) is 0 Å². The van der Waals surface area contributed by atoms with Crippen molar-refractivity contribution in [3.8, 4) is 0 Å². The SMILES string of the molecule is C/C1=C\CC(C)(C)/C=C\C(=O)[C@@](C)(Br)[C@@H](Br)CC1. The Bertz CT molecular complexity index is 378. The molecule has 0 saturated carbocycles. The van der Waals surface area contributed by atoms with Gasteiger partial charge < -0.3 is 0 Å². The Morgan fingerprint density at radius 2 is 1.94 bits per heavy atom. The van der Waals surface area contributed by atoms with Crippen molar-refractivity contribution in [1.29, 1.82) is 0 Å². The maximum atomic E-state index is 12.3. The van der Waals surface area contributed by atoms with E-state index < -0.39 is 4.32 Å². The van der Waals surface area contributed by atoms with Crippen LogP contribution < -0.4 is 0 Å². The molecule has 1 rings (SSSR count). The molecule has 3 heteroatoms. The van der Waals surface area contributed by atoms with Crippen LogP contribution in [0, 0.1) is 5.41 Å². The molecule has 0 unspecified atom stereocenters. The molecule has 0 fully saturated rings. The molecule has 1 aliphatic carbocycles. The van der Waals surface area contributed by atoms with Crippen molar-refractivity contribution in [2.75, 3.05) is 0 Å². The second-order valence-corrected chi connectivity index (χ2v) is 8.78. The number of rotatable bonds is 0. The number of ketones is 1. The third-order valence-electron chi connectivity index (χ3n) is 3.52. The number of halogens is 2. The van der Waals surface area contributed by atoms with Crippen molar-refractivity contribution in [3.63, 3.8) is 0 Å². The van der Waals surface area contributed by atoms with Gasteiger partial charge in [-0.3, -0.25) is 4.79 Å². The standard InChI is InChI=1S/C15H22Br2O/c1-11-5-6-12(16)15(4,17)13(18)8-10-14(2,3)9-7-11/h7-8,10,12H,5-6,9H2,1-4H3/b10-8-,11-7+/t12-,15-/m0/s1. The molecule has 0 N–H and O–H groups in total. The first kappa shape index (κ1) is 16.2. The predicted molar refractivity (Wildman–Crippen MR) is 85.6 cm³/mol. The van der Waals surface area contributed by atoms with Crippen molar-refractivity contribution < 1.29 is 4.79 Å². The van der Waals surface area contributed by atoms with E-state index in [0.717, 1.165) is 19.3 Å². The predicted octanol–water partition coefficient (Wildman–Crippen LogP) is 5.19. The molecule has 1 aliphatic rings. The van der Waals surface area contributed by atoms with Crippen molar-refractivity contribution in [1.82, 2.24) is 0 Å². The highest BCUT2D eigenvalue weighted by molar-refractivity contribution is 9.12. The van der Waals surface area contributed by atoms with E-state index in [-0.39, 0.29) is 16.0 Å². The number of hydrogen-bond donors (Lipinski definition) is 0. The third kappa shape index (κ3) is 4.34. The largest absolute Gasteiger partial charge is 0.293 e. The van der Waals surface area contributed by atoms with E-state index in [2.05, 4.69) is 58.7 Å². The molecule has 102 valence electrons. The van der Waals surface area contributed by atoms with E-state index in [1.54, 1.807) is 6.08 Å². The second-order valence-electron chi connectivity index (χ2n) is 6.02. The summed E-state index contributed by atoms with van der Waals surface area (Å²) in [5.41, 5.74) is 1.44. The molecule has 0 radical (unpaired) electrons. The van der Waals surface area contributed by atoms with E-state index in [4.69, 9.17) is 0 Å². The number of allylic oxidation sites excluding steroid dienone is 4. The number of carbonyl (C=O) groups is 1. The zero-order valence-electron chi connectivity index (χ0n) is 11.6. The van der Waals surface area contributed by atoms with Crippen LogP contribution in [0.15, 0.2) is 23.8 Å². The van der Waals surface area contributed by atoms with Gasteiger partial charge in [0, 0.05) is 4.83 Å². The minimum absolute atomic E-state index is 0.0339. The van der Waals surface area contributed by atoms with Crippen molar-refractivity contribution in [3.05, 3.63) is 23.8 Å². The molecule has 2 atom stereocenters. The van der Waals surface area contributed by atoms with Gasteiger partial charge in [-0.15, -0.1) is 0 Å². The summed E-state index contributed by atoms with van der Waals surface area (Å²) in [6, 6.07) is 0. The molecule has 0 aromatic carbocycles. The highest BCUT2D eigenvalue weighted by Gasteiger charge is 2.35. The first-order chi connectivity index (χ1) is 8.15. The Labute approximate surface area is 127 Å². The van der Waals surface area contributed by atoms with Crippen LogP contribution in [0.5, 0.6) is 0 Å². The molecule has 0 aromatic rings. The minimum atomic E-state index is -0.524. The van der Waals surface area contributed by atoms with E-state index in [1.165, 1.54) is 5.57 Å². The van der Waals surface area contributed by atoms with E-state index in [9.17, 15) is 4.79 Å². The molecule has 0 spiro atoms. The van der Waals surface area contributed by atoms with Gasteiger partial charge in [0.15, 0.2) is 5.78 Å². The molecule has 0 aromatic heterocycles. The Hall–Kier alpha value is 0.110. The van der Waals surface area contributed by atoms with Gasteiger partial charge in [0.25, 0.3) is 0 Å². The quantitative estimate of drug-likeness (QED) is 0.419. The average Bonchev–Trinajstić information content (AvgIpc) is 2.30. The molecule has 0 aliphatic heterocycles. The van der Waals surface area contributed by atoms with E-state index in [1.807, 2.05) is 13.0 Å². The molecule has 1 nitrogen and oxygen atoms in total. The summed E-state index contributed by atoms with van der Waals surface area (Å²) in [7, 11) is 0. The summed E-state index contributed by atoms with van der Waals surface area (Å²) in [5, 5.41) is 0. The highest BCUT2D eigenvalue weighted by atomic mass is 79.9. The molecule has 0 saturated heterocycles. The zero-order valence-corrected chi connectivity index (χ0v) is 14.8. The lowest BCUT2D eigenvalue weighted by Gasteiger charge is -2.26. The first-order valence-electron chi connectivity index (χ1n) is 6.37. The Kier molecular flexibility index (Phi) is 5.43. The van der Waals surface area contributed by atoms with Crippen molar-refractivity contribution in [2.24, 2.45) is 5.41 Å². The number of hydrogen-bond acceptors (Lipinski definition) is 1. The summed E-state index contributed by atoms with van der Waals surface area (Å²) >= 11 is 7.23. The van der Waals surface area contributed by atoms with Gasteiger partial charge in [-0.25, -0.2) is 0 Å². The lowest BCUT2D eigenvalue weighted by atomic mass is 9.87. The fraction of sp³-hybridized carbons (Fsp3) is 0.667. The summed E-state index contributed by atoms with van der Waals surface area (Å²) in [4.78, 5) is 12.4. The maximum Gasteiger partial charge on any atom is 0.172 e.